The standard InChI is InChI=1S/C12H22NO2P/c1-9(2)15-16-13-7-10(8-14-16)11-5-3-4-6-12(11)13/h9-12H,3-8H2,1-2H3/t10-,11+,12?,16+/m1/s1. The van der Waals surface area contributed by atoms with Gasteiger partial charge in [-0.3, -0.25) is 0 Å². The van der Waals surface area contributed by atoms with Gasteiger partial charge in [-0.05, 0) is 32.6 Å². The molecular weight excluding hydrogens is 221 g/mol. The molecule has 1 aliphatic carbocycles. The Balaban J connectivity index is 1.73. The van der Waals surface area contributed by atoms with Crippen LogP contribution in [0.3, 0.4) is 0 Å². The fraction of sp³-hybridized carbons (Fsp3) is 1.00. The number of hydrogen-bond acceptors (Lipinski definition) is 3. The van der Waals surface area contributed by atoms with Gasteiger partial charge in [0.05, 0.1) is 12.7 Å². The average molecular weight is 243 g/mol. The average Bonchev–Trinajstić information content (AvgIpc) is 2.58. The van der Waals surface area contributed by atoms with E-state index >= 15 is 0 Å². The summed E-state index contributed by atoms with van der Waals surface area (Å²) < 4.78 is 14.4. The fourth-order valence-corrected chi connectivity index (χ4v) is 5.32. The molecular formula is C12H22NO2P. The van der Waals surface area contributed by atoms with Gasteiger partial charge >= 0.3 is 0 Å². The summed E-state index contributed by atoms with van der Waals surface area (Å²) in [4.78, 5) is 0. The van der Waals surface area contributed by atoms with Crippen LogP contribution in [0.2, 0.25) is 0 Å². The minimum atomic E-state index is -0.743. The van der Waals surface area contributed by atoms with Crippen LogP contribution in [0.25, 0.3) is 0 Å². The van der Waals surface area contributed by atoms with Crippen LogP contribution in [0.5, 0.6) is 0 Å². The Hall–Kier alpha value is 0.310. The van der Waals surface area contributed by atoms with E-state index in [9.17, 15) is 0 Å². The molecule has 16 heavy (non-hydrogen) atoms. The van der Waals surface area contributed by atoms with Gasteiger partial charge in [0.15, 0.2) is 0 Å². The van der Waals surface area contributed by atoms with Gasteiger partial charge in [0.1, 0.15) is 0 Å². The molecule has 3 rings (SSSR count). The lowest BCUT2D eigenvalue weighted by atomic mass is 9.80. The second kappa shape index (κ2) is 4.53. The SMILES string of the molecule is CC(C)O[P@]1OC[C@H]2CN1C1CCCC[C@H]12. The predicted molar refractivity (Wildman–Crippen MR) is 65.0 cm³/mol. The van der Waals surface area contributed by atoms with E-state index < -0.39 is 8.53 Å². The smallest absolute Gasteiger partial charge is 0.259 e. The van der Waals surface area contributed by atoms with E-state index in [1.807, 2.05) is 0 Å². The second-order valence-corrected chi connectivity index (χ2v) is 7.04. The number of hydrogen-bond donors (Lipinski definition) is 0. The first kappa shape index (κ1) is 11.4. The lowest BCUT2D eigenvalue weighted by Crippen LogP contribution is -2.32. The third-order valence-corrected chi connectivity index (χ3v) is 5.95. The quantitative estimate of drug-likeness (QED) is 0.695. The van der Waals surface area contributed by atoms with Crippen molar-refractivity contribution in [2.24, 2.45) is 11.8 Å². The maximum atomic E-state index is 5.94. The van der Waals surface area contributed by atoms with Gasteiger partial charge in [-0.1, -0.05) is 12.8 Å². The Morgan fingerprint density at radius 3 is 2.94 bits per heavy atom. The molecule has 4 heteroatoms. The van der Waals surface area contributed by atoms with Crippen molar-refractivity contribution in [1.82, 2.24) is 4.67 Å². The molecule has 5 atom stereocenters. The number of rotatable bonds is 2. The summed E-state index contributed by atoms with van der Waals surface area (Å²) in [5, 5.41) is 0. The van der Waals surface area contributed by atoms with E-state index in [1.54, 1.807) is 0 Å². The molecule has 3 aliphatic rings. The van der Waals surface area contributed by atoms with Crippen LogP contribution in [-0.4, -0.2) is 30.0 Å². The Labute approximate surface area is 99.5 Å². The maximum absolute atomic E-state index is 5.94. The second-order valence-electron chi connectivity index (χ2n) is 5.59. The molecule has 2 heterocycles. The first-order valence-corrected chi connectivity index (χ1v) is 7.75. The number of fused-ring (bicyclic) bond motifs is 5. The van der Waals surface area contributed by atoms with Gasteiger partial charge in [-0.15, -0.1) is 0 Å². The molecule has 3 nitrogen and oxygen atoms in total. The summed E-state index contributed by atoms with van der Waals surface area (Å²) in [5.74, 6) is 1.69. The van der Waals surface area contributed by atoms with Crippen LogP contribution >= 0.6 is 8.53 Å². The highest BCUT2D eigenvalue weighted by Gasteiger charge is 2.50. The molecule has 2 aliphatic heterocycles. The predicted octanol–water partition coefficient (Wildman–Crippen LogP) is 3.16. The van der Waals surface area contributed by atoms with E-state index in [-0.39, 0.29) is 6.10 Å². The molecule has 0 spiro atoms. The molecule has 0 aromatic rings. The fourth-order valence-electron chi connectivity index (χ4n) is 3.44. The third kappa shape index (κ3) is 1.92. The minimum absolute atomic E-state index is 0.283. The largest absolute Gasteiger partial charge is 0.322 e. The van der Waals surface area contributed by atoms with Gasteiger partial charge in [0.25, 0.3) is 8.53 Å². The van der Waals surface area contributed by atoms with Crippen molar-refractivity contribution in [1.29, 1.82) is 0 Å². The molecule has 92 valence electrons. The first-order valence-electron chi connectivity index (χ1n) is 6.62. The first-order chi connectivity index (χ1) is 7.75. The topological polar surface area (TPSA) is 21.7 Å². The molecule has 1 saturated carbocycles. The summed E-state index contributed by atoms with van der Waals surface area (Å²) in [6.45, 7) is 6.38. The monoisotopic (exact) mass is 243 g/mol. The Kier molecular flexibility index (Phi) is 3.23. The molecule has 2 saturated heterocycles. The third-order valence-electron chi connectivity index (χ3n) is 4.10. The summed E-state index contributed by atoms with van der Waals surface area (Å²) in [5.41, 5.74) is 0. The highest BCUT2D eigenvalue weighted by molar-refractivity contribution is 7.44. The van der Waals surface area contributed by atoms with Crippen molar-refractivity contribution in [3.05, 3.63) is 0 Å². The van der Waals surface area contributed by atoms with Crippen molar-refractivity contribution in [3.8, 4) is 0 Å². The van der Waals surface area contributed by atoms with Gasteiger partial charge < -0.3 is 9.05 Å². The van der Waals surface area contributed by atoms with Gasteiger partial charge in [-0.2, -0.15) is 0 Å². The Morgan fingerprint density at radius 2 is 2.12 bits per heavy atom. The summed E-state index contributed by atoms with van der Waals surface area (Å²) in [6.07, 6.45) is 5.89. The van der Waals surface area contributed by atoms with E-state index in [0.29, 0.717) is 0 Å². The molecule has 0 aromatic carbocycles. The zero-order valence-corrected chi connectivity index (χ0v) is 11.2. The van der Waals surface area contributed by atoms with Crippen molar-refractivity contribution in [2.75, 3.05) is 13.2 Å². The lowest BCUT2D eigenvalue weighted by Gasteiger charge is -2.35. The maximum Gasteiger partial charge on any atom is 0.259 e. The van der Waals surface area contributed by atoms with Crippen LogP contribution in [0.1, 0.15) is 39.5 Å². The van der Waals surface area contributed by atoms with Crippen molar-refractivity contribution < 1.29 is 9.05 Å². The zero-order chi connectivity index (χ0) is 11.1. The van der Waals surface area contributed by atoms with Crippen LogP contribution < -0.4 is 0 Å². The summed E-state index contributed by atoms with van der Waals surface area (Å²) in [7, 11) is -0.743. The van der Waals surface area contributed by atoms with Crippen LogP contribution in [0, 0.1) is 11.8 Å². The number of nitrogens with zero attached hydrogens (tertiary/aromatic N) is 1. The molecule has 2 unspecified atom stereocenters. The molecule has 0 aromatic heterocycles. The molecule has 2 bridgehead atoms. The lowest BCUT2D eigenvalue weighted by molar-refractivity contribution is 0.135. The van der Waals surface area contributed by atoms with Crippen molar-refractivity contribution in [2.45, 2.75) is 51.7 Å². The van der Waals surface area contributed by atoms with Crippen LogP contribution in [0.4, 0.5) is 0 Å². The van der Waals surface area contributed by atoms with E-state index in [4.69, 9.17) is 9.05 Å². The normalized spacial score (nSPS) is 47.1. The Bertz CT molecular complexity index is 261. The van der Waals surface area contributed by atoms with Crippen LogP contribution in [0.15, 0.2) is 0 Å². The van der Waals surface area contributed by atoms with Gasteiger partial charge in [-0.25, -0.2) is 4.67 Å². The van der Waals surface area contributed by atoms with E-state index in [0.717, 1.165) is 24.5 Å². The van der Waals surface area contributed by atoms with Crippen molar-refractivity contribution in [3.63, 3.8) is 0 Å². The van der Waals surface area contributed by atoms with Crippen molar-refractivity contribution >= 4 is 8.53 Å². The highest BCUT2D eigenvalue weighted by atomic mass is 31.2. The van der Waals surface area contributed by atoms with E-state index in [1.165, 1.54) is 32.2 Å². The van der Waals surface area contributed by atoms with Crippen LogP contribution in [-0.2, 0) is 9.05 Å². The minimum Gasteiger partial charge on any atom is -0.322 e. The van der Waals surface area contributed by atoms with Gasteiger partial charge in [0, 0.05) is 18.5 Å². The summed E-state index contributed by atoms with van der Waals surface area (Å²) >= 11 is 0. The molecule has 3 fully saturated rings. The zero-order valence-electron chi connectivity index (χ0n) is 10.3. The van der Waals surface area contributed by atoms with E-state index in [2.05, 4.69) is 18.5 Å². The Morgan fingerprint density at radius 1 is 1.31 bits per heavy atom. The molecule has 0 radical (unpaired) electrons. The highest BCUT2D eigenvalue weighted by Crippen LogP contribution is 2.58. The molecule has 0 amide bonds. The van der Waals surface area contributed by atoms with Gasteiger partial charge in [0.2, 0.25) is 0 Å². The molecule has 0 N–H and O–H groups in total. The summed E-state index contributed by atoms with van der Waals surface area (Å²) in [6, 6.07) is 0.770.